The summed E-state index contributed by atoms with van der Waals surface area (Å²) in [4.78, 5) is 4.34. The van der Waals surface area contributed by atoms with Gasteiger partial charge in [-0.25, -0.2) is 13.8 Å². The maximum absolute atomic E-state index is 14.0. The molecule has 0 saturated heterocycles. The van der Waals surface area contributed by atoms with Crippen LogP contribution in [0.2, 0.25) is 0 Å². The SMILES string of the molecule is CCn1c(-c2cc(N)ccc2F)nc2cc(F)ccc21. The number of anilines is 1. The Kier molecular flexibility index (Phi) is 2.89. The average molecular weight is 273 g/mol. The second kappa shape index (κ2) is 4.59. The van der Waals surface area contributed by atoms with Crippen molar-refractivity contribution in [2.24, 2.45) is 0 Å². The van der Waals surface area contributed by atoms with Gasteiger partial charge in [0.05, 0.1) is 16.6 Å². The molecule has 0 saturated carbocycles. The molecule has 0 spiro atoms. The molecular formula is C15H13F2N3. The van der Waals surface area contributed by atoms with Gasteiger partial charge in [0.25, 0.3) is 0 Å². The van der Waals surface area contributed by atoms with Crippen LogP contribution in [0.4, 0.5) is 14.5 Å². The van der Waals surface area contributed by atoms with Crippen LogP contribution in [0.25, 0.3) is 22.4 Å². The molecule has 0 bridgehead atoms. The molecule has 1 aromatic heterocycles. The van der Waals surface area contributed by atoms with Gasteiger partial charge in [0.2, 0.25) is 0 Å². The molecule has 1 heterocycles. The second-order valence-electron chi connectivity index (χ2n) is 4.55. The summed E-state index contributed by atoms with van der Waals surface area (Å²) in [7, 11) is 0. The van der Waals surface area contributed by atoms with Gasteiger partial charge in [-0.15, -0.1) is 0 Å². The summed E-state index contributed by atoms with van der Waals surface area (Å²) in [6, 6.07) is 8.71. The summed E-state index contributed by atoms with van der Waals surface area (Å²) in [6.07, 6.45) is 0. The van der Waals surface area contributed by atoms with Crippen molar-refractivity contribution < 1.29 is 8.78 Å². The lowest BCUT2D eigenvalue weighted by Gasteiger charge is -2.07. The van der Waals surface area contributed by atoms with E-state index in [0.717, 1.165) is 5.52 Å². The Morgan fingerprint density at radius 1 is 1.15 bits per heavy atom. The Bertz CT molecular complexity index is 793. The minimum Gasteiger partial charge on any atom is -0.399 e. The van der Waals surface area contributed by atoms with Crippen LogP contribution >= 0.6 is 0 Å². The lowest BCUT2D eigenvalue weighted by atomic mass is 10.1. The van der Waals surface area contributed by atoms with E-state index in [4.69, 9.17) is 5.73 Å². The van der Waals surface area contributed by atoms with Gasteiger partial charge in [0.15, 0.2) is 0 Å². The average Bonchev–Trinajstić information content (AvgIpc) is 2.78. The zero-order valence-electron chi connectivity index (χ0n) is 10.9. The molecular weight excluding hydrogens is 260 g/mol. The Labute approximate surface area is 114 Å². The molecule has 3 aromatic rings. The van der Waals surface area contributed by atoms with Crippen molar-refractivity contribution in [3.63, 3.8) is 0 Å². The van der Waals surface area contributed by atoms with Gasteiger partial charge in [0, 0.05) is 18.3 Å². The van der Waals surface area contributed by atoms with E-state index in [1.54, 1.807) is 12.1 Å². The van der Waals surface area contributed by atoms with Crippen LogP contribution in [0, 0.1) is 11.6 Å². The molecule has 102 valence electrons. The summed E-state index contributed by atoms with van der Waals surface area (Å²) >= 11 is 0. The highest BCUT2D eigenvalue weighted by Crippen LogP contribution is 2.28. The minimum absolute atomic E-state index is 0.323. The molecule has 0 fully saturated rings. The quantitative estimate of drug-likeness (QED) is 0.725. The molecule has 3 rings (SSSR count). The Morgan fingerprint density at radius 3 is 2.70 bits per heavy atom. The highest BCUT2D eigenvalue weighted by molar-refractivity contribution is 5.81. The number of hydrogen-bond donors (Lipinski definition) is 1. The number of aromatic nitrogens is 2. The van der Waals surface area contributed by atoms with Gasteiger partial charge in [0.1, 0.15) is 17.5 Å². The van der Waals surface area contributed by atoms with E-state index < -0.39 is 5.82 Å². The van der Waals surface area contributed by atoms with Crippen LogP contribution < -0.4 is 5.73 Å². The van der Waals surface area contributed by atoms with Crippen molar-refractivity contribution in [1.82, 2.24) is 9.55 Å². The van der Waals surface area contributed by atoms with E-state index in [2.05, 4.69) is 4.98 Å². The predicted octanol–water partition coefficient (Wildman–Crippen LogP) is 3.58. The fourth-order valence-corrected chi connectivity index (χ4v) is 2.34. The first-order chi connectivity index (χ1) is 9.60. The molecule has 5 heteroatoms. The molecule has 0 amide bonds. The molecule has 0 atom stereocenters. The van der Waals surface area contributed by atoms with Gasteiger partial charge in [-0.3, -0.25) is 0 Å². The molecule has 3 nitrogen and oxygen atoms in total. The maximum Gasteiger partial charge on any atom is 0.144 e. The number of hydrogen-bond acceptors (Lipinski definition) is 2. The number of aryl methyl sites for hydroxylation is 1. The maximum atomic E-state index is 14.0. The summed E-state index contributed by atoms with van der Waals surface area (Å²) in [6.45, 7) is 2.53. The largest absolute Gasteiger partial charge is 0.399 e. The topological polar surface area (TPSA) is 43.8 Å². The van der Waals surface area contributed by atoms with Gasteiger partial charge in [-0.2, -0.15) is 0 Å². The van der Waals surface area contributed by atoms with Crippen molar-refractivity contribution in [2.75, 3.05) is 5.73 Å². The number of nitrogen functional groups attached to an aromatic ring is 1. The van der Waals surface area contributed by atoms with E-state index in [-0.39, 0.29) is 5.82 Å². The molecule has 0 aliphatic heterocycles. The van der Waals surface area contributed by atoms with Gasteiger partial charge >= 0.3 is 0 Å². The van der Waals surface area contributed by atoms with Gasteiger partial charge in [-0.1, -0.05) is 0 Å². The Hall–Kier alpha value is -2.43. The van der Waals surface area contributed by atoms with Crippen molar-refractivity contribution in [1.29, 1.82) is 0 Å². The van der Waals surface area contributed by atoms with E-state index in [1.807, 2.05) is 11.5 Å². The Morgan fingerprint density at radius 2 is 1.95 bits per heavy atom. The number of halogens is 2. The van der Waals surface area contributed by atoms with Crippen LogP contribution in [0.1, 0.15) is 6.92 Å². The number of benzene rings is 2. The fourth-order valence-electron chi connectivity index (χ4n) is 2.34. The third kappa shape index (κ3) is 1.91. The molecule has 2 aromatic carbocycles. The fraction of sp³-hybridized carbons (Fsp3) is 0.133. The summed E-state index contributed by atoms with van der Waals surface area (Å²) in [5, 5.41) is 0. The predicted molar refractivity (Wildman–Crippen MR) is 75.2 cm³/mol. The third-order valence-corrected chi connectivity index (χ3v) is 3.26. The highest BCUT2D eigenvalue weighted by Gasteiger charge is 2.15. The zero-order chi connectivity index (χ0) is 14.3. The van der Waals surface area contributed by atoms with Crippen molar-refractivity contribution in [2.45, 2.75) is 13.5 Å². The van der Waals surface area contributed by atoms with Gasteiger partial charge < -0.3 is 10.3 Å². The molecule has 2 N–H and O–H groups in total. The number of fused-ring (bicyclic) bond motifs is 1. The lowest BCUT2D eigenvalue weighted by molar-refractivity contribution is 0.627. The van der Waals surface area contributed by atoms with Crippen molar-refractivity contribution in [3.05, 3.63) is 48.0 Å². The van der Waals surface area contributed by atoms with Crippen LogP contribution in [0.5, 0.6) is 0 Å². The van der Waals surface area contributed by atoms with Crippen molar-refractivity contribution >= 4 is 16.7 Å². The summed E-state index contributed by atoms with van der Waals surface area (Å²) in [5.41, 5.74) is 7.77. The lowest BCUT2D eigenvalue weighted by Crippen LogP contribution is -2.00. The number of rotatable bonds is 2. The van der Waals surface area contributed by atoms with E-state index in [1.165, 1.54) is 24.3 Å². The molecule has 0 unspecified atom stereocenters. The van der Waals surface area contributed by atoms with Crippen molar-refractivity contribution in [3.8, 4) is 11.4 Å². The summed E-state index contributed by atoms with van der Waals surface area (Å²) < 4.78 is 29.1. The van der Waals surface area contributed by atoms with Crippen LogP contribution in [0.15, 0.2) is 36.4 Å². The minimum atomic E-state index is -0.398. The first kappa shape index (κ1) is 12.6. The zero-order valence-corrected chi connectivity index (χ0v) is 10.9. The van der Waals surface area contributed by atoms with E-state index in [0.29, 0.717) is 29.1 Å². The number of nitrogens with zero attached hydrogens (tertiary/aromatic N) is 2. The standard InChI is InChI=1S/C15H13F2N3/c1-2-20-14-6-3-9(16)7-13(14)19-15(20)11-8-10(18)4-5-12(11)17/h3-8H,2,18H2,1H3. The first-order valence-corrected chi connectivity index (χ1v) is 6.31. The normalized spacial score (nSPS) is 11.2. The van der Waals surface area contributed by atoms with Crippen LogP contribution in [0.3, 0.4) is 0 Å². The first-order valence-electron chi connectivity index (χ1n) is 6.31. The summed E-state index contributed by atoms with van der Waals surface area (Å²) in [5.74, 6) is -0.305. The molecule has 20 heavy (non-hydrogen) atoms. The Balaban J connectivity index is 2.32. The van der Waals surface area contributed by atoms with Crippen LogP contribution in [-0.4, -0.2) is 9.55 Å². The van der Waals surface area contributed by atoms with Crippen LogP contribution in [-0.2, 0) is 6.54 Å². The highest BCUT2D eigenvalue weighted by atomic mass is 19.1. The second-order valence-corrected chi connectivity index (χ2v) is 4.55. The van der Waals surface area contributed by atoms with Gasteiger partial charge in [-0.05, 0) is 37.3 Å². The molecule has 0 radical (unpaired) electrons. The smallest absolute Gasteiger partial charge is 0.144 e. The number of imidazole rings is 1. The van der Waals surface area contributed by atoms with E-state index in [9.17, 15) is 8.78 Å². The molecule has 0 aliphatic carbocycles. The monoisotopic (exact) mass is 273 g/mol. The number of nitrogens with two attached hydrogens (primary N) is 1. The van der Waals surface area contributed by atoms with E-state index >= 15 is 0 Å². The molecule has 0 aliphatic rings. The third-order valence-electron chi connectivity index (χ3n) is 3.26.